The number of rotatable bonds is 68. The van der Waals surface area contributed by atoms with Gasteiger partial charge in [-0.15, -0.1) is 0 Å². The summed E-state index contributed by atoms with van der Waals surface area (Å²) in [5.41, 5.74) is 0. The predicted molar refractivity (Wildman–Crippen MR) is 354 cm³/mol. The van der Waals surface area contributed by atoms with Crippen LogP contribution in [0.5, 0.6) is 0 Å². The SMILES string of the molecule is CCCCCCCCCCCCCCCCCCCCCC(=O)O[C@H](COC(=O)CCCCCCCCCC(C)C)COP(=O)(O)OC[C@@H](O)COP(=O)(O)OC[C@@H](COC(=O)CCCCCCCCCCC)OC(=O)CCCCCCCCCC(C)C. The zero-order valence-electron chi connectivity index (χ0n) is 57.0. The van der Waals surface area contributed by atoms with Gasteiger partial charge in [-0.3, -0.25) is 37.3 Å². The second kappa shape index (κ2) is 61.3. The minimum absolute atomic E-state index is 0.103. The number of aliphatic hydroxyl groups excluding tert-OH is 1. The van der Waals surface area contributed by atoms with Gasteiger partial charge in [0, 0.05) is 25.7 Å². The Morgan fingerprint density at radius 1 is 0.307 bits per heavy atom. The van der Waals surface area contributed by atoms with Gasteiger partial charge in [-0.25, -0.2) is 9.13 Å². The van der Waals surface area contributed by atoms with Crippen molar-refractivity contribution >= 4 is 39.5 Å². The van der Waals surface area contributed by atoms with Gasteiger partial charge in [0.2, 0.25) is 0 Å². The van der Waals surface area contributed by atoms with E-state index in [1.807, 2.05) is 0 Å². The molecule has 0 aliphatic heterocycles. The lowest BCUT2D eigenvalue weighted by atomic mass is 10.0. The van der Waals surface area contributed by atoms with Crippen molar-refractivity contribution in [1.82, 2.24) is 0 Å². The van der Waals surface area contributed by atoms with Crippen molar-refractivity contribution in [3.8, 4) is 0 Å². The molecule has 2 unspecified atom stereocenters. The second-order valence-corrected chi connectivity index (χ2v) is 28.8. The zero-order valence-corrected chi connectivity index (χ0v) is 58.8. The van der Waals surface area contributed by atoms with E-state index in [2.05, 4.69) is 41.5 Å². The summed E-state index contributed by atoms with van der Waals surface area (Å²) in [4.78, 5) is 72.4. The molecule has 17 nitrogen and oxygen atoms in total. The van der Waals surface area contributed by atoms with E-state index in [-0.39, 0.29) is 25.7 Å². The van der Waals surface area contributed by atoms with Crippen LogP contribution < -0.4 is 0 Å². The lowest BCUT2D eigenvalue weighted by molar-refractivity contribution is -0.161. The number of ether oxygens (including phenoxy) is 4. The smallest absolute Gasteiger partial charge is 0.462 e. The van der Waals surface area contributed by atoms with Gasteiger partial charge in [0.15, 0.2) is 12.2 Å². The van der Waals surface area contributed by atoms with E-state index in [1.54, 1.807) is 0 Å². The Balaban J connectivity index is 5.17. The number of phosphoric ester groups is 2. The van der Waals surface area contributed by atoms with Gasteiger partial charge in [0.1, 0.15) is 19.3 Å². The predicted octanol–water partition coefficient (Wildman–Crippen LogP) is 19.6. The molecular formula is C69H134O17P2. The normalized spacial score (nSPS) is 14.2. The monoisotopic (exact) mass is 1300 g/mol. The zero-order chi connectivity index (χ0) is 65.0. The van der Waals surface area contributed by atoms with Crippen LogP contribution in [0.25, 0.3) is 0 Å². The van der Waals surface area contributed by atoms with Crippen molar-refractivity contribution < 1.29 is 80.2 Å². The molecule has 0 radical (unpaired) electrons. The number of hydrogen-bond donors (Lipinski definition) is 3. The average Bonchev–Trinajstić information content (AvgIpc) is 3.70. The molecule has 0 bridgehead atoms. The molecule has 0 amide bonds. The maximum atomic E-state index is 13.0. The molecular weight excluding hydrogens is 1160 g/mol. The maximum absolute atomic E-state index is 13.0. The van der Waals surface area contributed by atoms with Crippen LogP contribution in [-0.2, 0) is 65.4 Å². The molecule has 0 aromatic heterocycles. The Morgan fingerprint density at radius 2 is 0.523 bits per heavy atom. The first-order valence-electron chi connectivity index (χ1n) is 36.0. The first-order chi connectivity index (χ1) is 42.4. The van der Waals surface area contributed by atoms with E-state index in [0.29, 0.717) is 37.5 Å². The molecule has 0 rings (SSSR count). The Kier molecular flexibility index (Phi) is 59.9. The largest absolute Gasteiger partial charge is 0.472 e. The first-order valence-corrected chi connectivity index (χ1v) is 39.0. The van der Waals surface area contributed by atoms with Crippen LogP contribution in [0.2, 0.25) is 0 Å². The summed E-state index contributed by atoms with van der Waals surface area (Å²) in [6.45, 7) is 9.40. The summed E-state index contributed by atoms with van der Waals surface area (Å²) in [6.07, 6.45) is 46.1. The van der Waals surface area contributed by atoms with Crippen LogP contribution in [0, 0.1) is 11.8 Å². The highest BCUT2D eigenvalue weighted by molar-refractivity contribution is 7.47. The highest BCUT2D eigenvalue weighted by Gasteiger charge is 2.30. The molecule has 0 saturated carbocycles. The molecule has 0 aliphatic carbocycles. The summed E-state index contributed by atoms with van der Waals surface area (Å²) in [5.74, 6) is -0.730. The summed E-state index contributed by atoms with van der Waals surface area (Å²) in [5, 5.41) is 10.6. The molecule has 19 heteroatoms. The van der Waals surface area contributed by atoms with Crippen LogP contribution in [-0.4, -0.2) is 96.7 Å². The van der Waals surface area contributed by atoms with Gasteiger partial charge in [-0.1, -0.05) is 298 Å². The van der Waals surface area contributed by atoms with Gasteiger partial charge in [-0.05, 0) is 37.5 Å². The third-order valence-electron chi connectivity index (χ3n) is 16.0. The lowest BCUT2D eigenvalue weighted by Gasteiger charge is -2.21. The molecule has 0 spiro atoms. The molecule has 0 aromatic rings. The molecule has 88 heavy (non-hydrogen) atoms. The van der Waals surface area contributed by atoms with Crippen LogP contribution >= 0.6 is 15.6 Å². The Morgan fingerprint density at radius 3 is 0.773 bits per heavy atom. The lowest BCUT2D eigenvalue weighted by Crippen LogP contribution is -2.30. The topological polar surface area (TPSA) is 237 Å². The molecule has 5 atom stereocenters. The fourth-order valence-corrected chi connectivity index (χ4v) is 12.0. The summed E-state index contributed by atoms with van der Waals surface area (Å²) >= 11 is 0. The van der Waals surface area contributed by atoms with E-state index in [9.17, 15) is 43.2 Å². The molecule has 0 heterocycles. The Bertz CT molecular complexity index is 1720. The summed E-state index contributed by atoms with van der Waals surface area (Å²) in [7, 11) is -9.89. The van der Waals surface area contributed by atoms with Crippen molar-refractivity contribution in [2.75, 3.05) is 39.6 Å². The summed E-state index contributed by atoms with van der Waals surface area (Å²) < 4.78 is 68.1. The van der Waals surface area contributed by atoms with E-state index < -0.39 is 97.5 Å². The van der Waals surface area contributed by atoms with Gasteiger partial charge in [0.25, 0.3) is 0 Å². The average molecular weight is 1300 g/mol. The Labute approximate surface area is 537 Å². The van der Waals surface area contributed by atoms with Crippen molar-refractivity contribution in [3.05, 3.63) is 0 Å². The molecule has 0 fully saturated rings. The molecule has 3 N–H and O–H groups in total. The fraction of sp³-hybridized carbons (Fsp3) is 0.942. The number of carbonyl (C=O) groups is 4. The van der Waals surface area contributed by atoms with E-state index in [1.165, 1.54) is 161 Å². The number of phosphoric acid groups is 2. The highest BCUT2D eigenvalue weighted by Crippen LogP contribution is 2.45. The number of esters is 4. The Hall–Kier alpha value is -1.94. The van der Waals surface area contributed by atoms with E-state index >= 15 is 0 Å². The molecule has 0 aromatic carbocycles. The van der Waals surface area contributed by atoms with Gasteiger partial charge >= 0.3 is 39.5 Å². The van der Waals surface area contributed by atoms with Crippen molar-refractivity contribution in [2.24, 2.45) is 11.8 Å². The second-order valence-electron chi connectivity index (χ2n) is 25.9. The van der Waals surface area contributed by atoms with Gasteiger partial charge in [-0.2, -0.15) is 0 Å². The molecule has 522 valence electrons. The van der Waals surface area contributed by atoms with E-state index in [0.717, 1.165) is 96.3 Å². The number of aliphatic hydroxyl groups is 1. The third-order valence-corrected chi connectivity index (χ3v) is 17.9. The first kappa shape index (κ1) is 86.1. The number of hydrogen-bond acceptors (Lipinski definition) is 15. The quantitative estimate of drug-likeness (QED) is 0.0222. The van der Waals surface area contributed by atoms with Crippen LogP contribution in [0.15, 0.2) is 0 Å². The van der Waals surface area contributed by atoms with Crippen LogP contribution in [0.3, 0.4) is 0 Å². The minimum Gasteiger partial charge on any atom is -0.462 e. The number of unbranched alkanes of at least 4 members (excludes halogenated alkanes) is 38. The third kappa shape index (κ3) is 62.8. The van der Waals surface area contributed by atoms with Crippen LogP contribution in [0.4, 0.5) is 0 Å². The molecule has 0 saturated heterocycles. The highest BCUT2D eigenvalue weighted by atomic mass is 31.2. The minimum atomic E-state index is -4.95. The fourth-order valence-electron chi connectivity index (χ4n) is 10.4. The van der Waals surface area contributed by atoms with Crippen LogP contribution in [0.1, 0.15) is 350 Å². The standard InChI is InChI=1S/C69H134O17P2/c1-7-9-11-13-15-17-18-19-20-21-22-23-24-25-26-28-34-41-47-53-68(73)85-64(58-80-67(72)52-46-40-35-29-31-37-43-49-61(3)4)59-83-87(75,76)81-55-63(70)56-82-88(77,78)84-60-65(57-79-66(71)51-45-39-33-27-16-14-12-10-8-2)86-69(74)54-48-42-36-30-32-38-44-50-62(5)6/h61-65,70H,7-60H2,1-6H3,(H,75,76)(H,77,78)/t63-,64-,65-/m1/s1. The molecule has 0 aliphatic rings. The van der Waals surface area contributed by atoms with Crippen molar-refractivity contribution in [3.63, 3.8) is 0 Å². The van der Waals surface area contributed by atoms with Crippen molar-refractivity contribution in [2.45, 2.75) is 368 Å². The maximum Gasteiger partial charge on any atom is 0.472 e. The van der Waals surface area contributed by atoms with E-state index in [4.69, 9.17) is 37.0 Å². The van der Waals surface area contributed by atoms with Crippen molar-refractivity contribution in [1.29, 1.82) is 0 Å². The number of carbonyl (C=O) groups excluding carboxylic acids is 4. The van der Waals surface area contributed by atoms with Gasteiger partial charge in [0.05, 0.1) is 26.4 Å². The van der Waals surface area contributed by atoms with Gasteiger partial charge < -0.3 is 33.8 Å². The summed E-state index contributed by atoms with van der Waals surface area (Å²) in [6, 6.07) is 0.